The summed E-state index contributed by atoms with van der Waals surface area (Å²) in [5, 5.41) is 70.7. The maximum atomic E-state index is 12.2. The third kappa shape index (κ3) is 37.2. The fraction of sp³-hybridized carbons (Fsp3) is 0.600. The lowest BCUT2D eigenvalue weighted by atomic mass is 10.1. The molecular formula is C65H108N20O28S6+2. The van der Waals surface area contributed by atoms with Gasteiger partial charge >= 0.3 is 11.9 Å². The molecule has 0 spiro atoms. The molecule has 0 saturated carbocycles. The molecule has 0 radical (unpaired) electrons. The van der Waals surface area contributed by atoms with Crippen LogP contribution in [0.5, 0.6) is 0 Å². The molecule has 7 aromatic rings. The van der Waals surface area contributed by atoms with Gasteiger partial charge in [-0.15, -0.1) is 0 Å². The van der Waals surface area contributed by atoms with Crippen LogP contribution in [-0.2, 0) is 107 Å². The average molecular weight is 1810 g/mol. The van der Waals surface area contributed by atoms with Crippen molar-refractivity contribution in [3.8, 4) is 0 Å². The zero-order chi connectivity index (χ0) is 90.5. The summed E-state index contributed by atoms with van der Waals surface area (Å²) in [6.07, 6.45) is 2.76. The molecule has 48 nitrogen and oxygen atoms in total. The van der Waals surface area contributed by atoms with E-state index in [-0.39, 0.29) is 116 Å². The SMILES string of the molecule is CC.CC.CC.CC.C[S+](CCC(N)C(=O)O)C[C@H]1O[C@@H](n2cnc3c(NC(=O)CCCS(=O)(=O)O)ncnc32)[C@@H](O)C1O.C[S+](CCC(NC(=O)CCCS(=O)(=O)O)C(=O)O)C[C@H]1O[C@@H](n2cnc3c(N)ncnc32)[C@@H](O)C1O.Nc1nc2[nH]cc(CNC(=O)CCCS(=O)(=O)O)c2c(=O)[nH]1.O=C(CCCS(=O)(=O)O)Nc1nccc(=O)[nH]1. The number of carbonyl (C=O) groups is 6. The fourth-order valence-corrected chi connectivity index (χ4v) is 15.8. The van der Waals surface area contributed by atoms with Gasteiger partial charge < -0.3 is 78.2 Å². The Balaban J connectivity index is 0.000000541. The predicted octanol–water partition coefficient (Wildman–Crippen LogP) is -1.40. The minimum Gasteiger partial charge on any atom is -0.480 e. The van der Waals surface area contributed by atoms with Crippen LogP contribution >= 0.6 is 0 Å². The molecule has 12 atom stereocenters. The van der Waals surface area contributed by atoms with Crippen LogP contribution in [-0.4, -0.2) is 289 Å². The number of aliphatic carboxylic acids is 2. The van der Waals surface area contributed by atoms with Crippen molar-refractivity contribution in [3.05, 3.63) is 70.0 Å². The number of anilines is 4. The summed E-state index contributed by atoms with van der Waals surface area (Å²) in [4.78, 5) is 132. The van der Waals surface area contributed by atoms with E-state index in [4.69, 9.17) is 50.0 Å². The third-order valence-electron chi connectivity index (χ3n) is 15.9. The van der Waals surface area contributed by atoms with Gasteiger partial charge in [-0.05, 0) is 47.5 Å². The number of fused-ring (bicyclic) bond motifs is 3. The summed E-state index contributed by atoms with van der Waals surface area (Å²) in [7, 11) is -17.3. The van der Waals surface area contributed by atoms with Crippen molar-refractivity contribution >= 4 is 155 Å². The monoisotopic (exact) mass is 1810 g/mol. The van der Waals surface area contributed by atoms with E-state index < -0.39 is 182 Å². The highest BCUT2D eigenvalue weighted by Gasteiger charge is 2.48. The molecule has 54 heteroatoms. The second-order valence-corrected chi connectivity index (χ2v) is 35.6. The van der Waals surface area contributed by atoms with E-state index in [1.54, 1.807) is 0 Å². The molecule has 4 amide bonds. The molecule has 23 N–H and O–H groups in total. The summed E-state index contributed by atoms with van der Waals surface area (Å²) in [5.74, 6) is -4.69. The number of carboxylic acid groups (broad SMARTS) is 2. The van der Waals surface area contributed by atoms with E-state index in [0.29, 0.717) is 50.8 Å². The van der Waals surface area contributed by atoms with Gasteiger partial charge in [0, 0.05) is 69.1 Å². The minimum absolute atomic E-state index is 0.00523. The Labute approximate surface area is 690 Å². The number of aromatic amines is 3. The number of nitrogens with one attached hydrogen (secondary N) is 7. The van der Waals surface area contributed by atoms with Gasteiger partial charge in [0.15, 0.2) is 40.9 Å². The number of aromatic nitrogens is 13. The first kappa shape index (κ1) is 106. The van der Waals surface area contributed by atoms with Crippen LogP contribution in [0.2, 0.25) is 0 Å². The Morgan fingerprint density at radius 2 is 1.02 bits per heavy atom. The molecular weight excluding hydrogens is 1700 g/mol. The van der Waals surface area contributed by atoms with Crippen molar-refractivity contribution < 1.29 is 121 Å². The largest absolute Gasteiger partial charge is 0.480 e. The molecule has 2 aliphatic heterocycles. The van der Waals surface area contributed by atoms with Crippen LogP contribution < -0.4 is 49.6 Å². The number of hydrogen-bond donors (Lipinski definition) is 20. The van der Waals surface area contributed by atoms with Crippen molar-refractivity contribution in [3.63, 3.8) is 0 Å². The number of nitrogens with zero attached hydrogens (tertiary/aromatic N) is 10. The van der Waals surface area contributed by atoms with Crippen LogP contribution in [0.1, 0.15) is 138 Å². The first-order valence-corrected chi connectivity index (χ1v) is 47.2. The normalized spacial score (nSPS) is 18.5. The number of amides is 4. The van der Waals surface area contributed by atoms with Crippen LogP contribution in [0.25, 0.3) is 33.4 Å². The molecule has 9 rings (SSSR count). The number of carbonyl (C=O) groups excluding carboxylic acids is 4. The van der Waals surface area contributed by atoms with Gasteiger partial charge in [-0.25, -0.2) is 39.7 Å². The Morgan fingerprint density at radius 1 is 0.571 bits per heavy atom. The highest BCUT2D eigenvalue weighted by Crippen LogP contribution is 2.35. The molecule has 7 aromatic heterocycles. The minimum atomic E-state index is -4.20. The number of rotatable bonds is 35. The Kier molecular flexibility index (Phi) is 45.8. The van der Waals surface area contributed by atoms with Gasteiger partial charge in [0.2, 0.25) is 35.5 Å². The van der Waals surface area contributed by atoms with Crippen LogP contribution in [0.4, 0.5) is 23.5 Å². The van der Waals surface area contributed by atoms with Gasteiger partial charge in [-0.3, -0.25) is 76.2 Å². The van der Waals surface area contributed by atoms with Crippen molar-refractivity contribution in [2.24, 2.45) is 5.73 Å². The van der Waals surface area contributed by atoms with Gasteiger partial charge in [0.25, 0.3) is 51.6 Å². The Hall–Kier alpha value is -9.12. The summed E-state index contributed by atoms with van der Waals surface area (Å²) in [5.41, 5.74) is 17.9. The van der Waals surface area contributed by atoms with E-state index in [9.17, 15) is 97.6 Å². The second kappa shape index (κ2) is 51.5. The van der Waals surface area contributed by atoms with Gasteiger partial charge in [0.05, 0.1) is 53.6 Å². The maximum Gasteiger partial charge on any atom is 0.326 e. The fourth-order valence-electron chi connectivity index (χ4n) is 10.4. The Bertz CT molecular complexity index is 5000. The molecule has 670 valence electrons. The molecule has 2 saturated heterocycles. The maximum absolute atomic E-state index is 12.2. The smallest absolute Gasteiger partial charge is 0.326 e. The molecule has 119 heavy (non-hydrogen) atoms. The van der Waals surface area contributed by atoms with Gasteiger partial charge in [-0.1, -0.05) is 55.4 Å². The molecule has 0 aromatic carbocycles. The van der Waals surface area contributed by atoms with Gasteiger partial charge in [-0.2, -0.15) is 38.7 Å². The number of nitrogen functional groups attached to an aromatic ring is 2. The number of aliphatic hydroxyl groups excluding tert-OH is 4. The number of nitrogens with two attached hydrogens (primary N) is 3. The van der Waals surface area contributed by atoms with Crippen molar-refractivity contribution in [1.29, 1.82) is 0 Å². The first-order valence-electron chi connectivity index (χ1n) is 36.8. The zero-order valence-electron chi connectivity index (χ0n) is 66.7. The number of hydrogen-bond acceptors (Lipinski definition) is 33. The van der Waals surface area contributed by atoms with E-state index in [0.717, 1.165) is 0 Å². The topological polar surface area (TPSA) is 780 Å². The summed E-state index contributed by atoms with van der Waals surface area (Å²) in [6, 6.07) is -0.968. The van der Waals surface area contributed by atoms with Crippen molar-refractivity contribution in [2.75, 3.05) is 80.6 Å². The number of H-pyrrole nitrogens is 3. The first-order chi connectivity index (χ1) is 55.9. The molecule has 2 fully saturated rings. The number of aliphatic hydroxyl groups is 4. The van der Waals surface area contributed by atoms with Crippen molar-refractivity contribution in [1.82, 2.24) is 74.6 Å². The van der Waals surface area contributed by atoms with Crippen LogP contribution in [0.15, 0.2) is 53.4 Å². The van der Waals surface area contributed by atoms with Gasteiger partial charge in [0.1, 0.15) is 95.5 Å². The lowest BCUT2D eigenvalue weighted by Crippen LogP contribution is -2.42. The molecule has 2 aliphatic rings. The summed E-state index contributed by atoms with van der Waals surface area (Å²) >= 11 is 0. The Morgan fingerprint density at radius 3 is 1.49 bits per heavy atom. The van der Waals surface area contributed by atoms with E-state index >= 15 is 0 Å². The molecule has 6 unspecified atom stereocenters. The van der Waals surface area contributed by atoms with E-state index in [1.807, 2.05) is 67.9 Å². The number of imidazole rings is 2. The van der Waals surface area contributed by atoms with Crippen LogP contribution in [0, 0.1) is 0 Å². The summed E-state index contributed by atoms with van der Waals surface area (Å²) < 4.78 is 134. The number of carboxylic acids is 2. The van der Waals surface area contributed by atoms with E-state index in [2.05, 4.69) is 76.1 Å². The predicted molar refractivity (Wildman–Crippen MR) is 440 cm³/mol. The van der Waals surface area contributed by atoms with E-state index in [1.165, 1.54) is 52.9 Å². The quantitative estimate of drug-likeness (QED) is 0.0161. The van der Waals surface area contributed by atoms with Crippen molar-refractivity contribution in [2.45, 2.75) is 187 Å². The standard InChI is InChI=1S/2C19H28N6O9S2.C11H15N5O5S.C8H11N3O5S.4C2H6/c1-35(5-4-10(19(29)30)24-12(26)3-2-6-36(31,32)33)7-11-14(27)15(28)18(34-11)25-9-23-13-16(20)21-8-22-17(13)25;1-35(5-4-10(20)19(29)30)7-11-14(27)15(28)18(34-11)25-9-23-13-16(21-8-22-17(13)25)24-12(26)3-2-6-36(31,32)33;12-11-15-9-8(10(18)16-11)6(5-14-9)4-13-7(17)2-1-3-22(19,20)21;12-6(2-1-5-17(14,15)16)10-8-9-4-3-7(13)11-8;4*1-2/h8-11,14-15,18,27-28H,2-7H2,1H3,(H4-,20,21,22,24,26,29,30,31,32,33);8-11,14-15,18,27-28H,2-7,20H2,1H3,(H2-,21,22,24,26,29,30,31,32,33);5H,1-4H2,(H,13,17)(H,19,20,21)(H4,12,14,15,16,18);3-4H,1-2,5H2,(H,14,15,16)(H2,9,10,11,12,13);4*1-2H3/p+2/t2*10?,11-,14?,15+,18-,35?;;;;;;/m11....../s1. The highest BCUT2D eigenvalue weighted by atomic mass is 32.2. The average Bonchev–Trinajstić information content (AvgIpc) is 1.63. The lowest BCUT2D eigenvalue weighted by molar-refractivity contribution is -0.142. The third-order valence-corrected chi connectivity index (χ3v) is 22.8. The highest BCUT2D eigenvalue weighted by molar-refractivity contribution is 7.96. The number of ether oxygens (including phenoxy) is 2. The second-order valence-electron chi connectivity index (χ2n) is 24.7. The molecule has 0 aliphatic carbocycles. The lowest BCUT2D eigenvalue weighted by Gasteiger charge is -2.17. The summed E-state index contributed by atoms with van der Waals surface area (Å²) in [6.45, 7) is 16.1. The molecule has 0 bridgehead atoms. The zero-order valence-corrected chi connectivity index (χ0v) is 71.6. The van der Waals surface area contributed by atoms with Crippen LogP contribution in [0.3, 0.4) is 0 Å². The molecule has 9 heterocycles.